The molecule has 0 saturated heterocycles. The molecule has 1 aromatic rings. The molecule has 0 atom stereocenters. The minimum absolute atomic E-state index is 0.422. The van der Waals surface area contributed by atoms with Gasteiger partial charge >= 0.3 is 6.18 Å². The van der Waals surface area contributed by atoms with E-state index < -0.39 is 28.8 Å². The van der Waals surface area contributed by atoms with E-state index in [2.05, 4.69) is 10.0 Å². The molecule has 1 rings (SSSR count). The Hall–Kier alpha value is -2.52. The third-order valence-electron chi connectivity index (χ3n) is 1.83. The van der Waals surface area contributed by atoms with Crippen molar-refractivity contribution in [1.29, 1.82) is 5.26 Å². The van der Waals surface area contributed by atoms with E-state index in [4.69, 9.17) is 10.8 Å². The molecule has 0 N–H and O–H groups in total. The SMILES string of the molecule is N#Cc1ccc(C(=O)N=[N+]=[N-])cc1C(F)(F)F. The standard InChI is InChI=1S/C9H3F3N4O/c10-9(11,12)7-3-5(8(17)15-16-14)1-2-6(7)4-13/h1-3H. The number of alkyl halides is 3. The number of nitriles is 1. The lowest BCUT2D eigenvalue weighted by Crippen LogP contribution is -2.09. The molecule has 1 aromatic carbocycles. The summed E-state index contributed by atoms with van der Waals surface area (Å²) in [5.41, 5.74) is 5.73. The lowest BCUT2D eigenvalue weighted by molar-refractivity contribution is -0.137. The Morgan fingerprint density at radius 1 is 1.47 bits per heavy atom. The van der Waals surface area contributed by atoms with Gasteiger partial charge in [0.1, 0.15) is 0 Å². The first-order valence-corrected chi connectivity index (χ1v) is 4.11. The molecule has 0 heterocycles. The van der Waals surface area contributed by atoms with Gasteiger partial charge in [0.15, 0.2) is 0 Å². The zero-order chi connectivity index (χ0) is 13.1. The smallest absolute Gasteiger partial charge is 0.287 e. The molecular formula is C9H3F3N4O. The molecule has 0 saturated carbocycles. The van der Waals surface area contributed by atoms with Crippen LogP contribution >= 0.6 is 0 Å². The molecule has 0 aromatic heterocycles. The highest BCUT2D eigenvalue weighted by molar-refractivity contribution is 5.95. The fourth-order valence-corrected chi connectivity index (χ4v) is 1.11. The highest BCUT2D eigenvalue weighted by Crippen LogP contribution is 2.32. The van der Waals surface area contributed by atoms with E-state index in [9.17, 15) is 18.0 Å². The average Bonchev–Trinajstić information content (AvgIpc) is 2.27. The van der Waals surface area contributed by atoms with E-state index in [-0.39, 0.29) is 0 Å². The molecule has 0 aliphatic heterocycles. The monoisotopic (exact) mass is 240 g/mol. The Morgan fingerprint density at radius 3 is 2.59 bits per heavy atom. The topological polar surface area (TPSA) is 89.6 Å². The van der Waals surface area contributed by atoms with Crippen LogP contribution in [0.3, 0.4) is 0 Å². The van der Waals surface area contributed by atoms with Crippen molar-refractivity contribution >= 4 is 5.91 Å². The van der Waals surface area contributed by atoms with Gasteiger partial charge in [-0.2, -0.15) is 18.4 Å². The van der Waals surface area contributed by atoms with Crippen LogP contribution < -0.4 is 0 Å². The molecule has 86 valence electrons. The van der Waals surface area contributed by atoms with Crippen LogP contribution in [0.25, 0.3) is 10.4 Å². The fourth-order valence-electron chi connectivity index (χ4n) is 1.11. The first kappa shape index (κ1) is 12.5. The van der Waals surface area contributed by atoms with Crippen LogP contribution in [0.5, 0.6) is 0 Å². The second-order valence-electron chi connectivity index (χ2n) is 2.86. The Labute approximate surface area is 92.7 Å². The zero-order valence-electron chi connectivity index (χ0n) is 8.06. The highest BCUT2D eigenvalue weighted by Gasteiger charge is 2.34. The third kappa shape index (κ3) is 2.74. The van der Waals surface area contributed by atoms with Gasteiger partial charge in [0.2, 0.25) is 5.91 Å². The van der Waals surface area contributed by atoms with Crippen molar-refractivity contribution in [2.75, 3.05) is 0 Å². The maximum Gasteiger partial charge on any atom is 0.417 e. The number of hydrogen-bond donors (Lipinski definition) is 0. The van der Waals surface area contributed by atoms with Crippen molar-refractivity contribution in [3.05, 3.63) is 45.3 Å². The van der Waals surface area contributed by atoms with Gasteiger partial charge in [-0.3, -0.25) is 4.79 Å². The lowest BCUT2D eigenvalue weighted by Gasteiger charge is -2.09. The van der Waals surface area contributed by atoms with Crippen molar-refractivity contribution < 1.29 is 18.0 Å². The number of azide groups is 1. The van der Waals surface area contributed by atoms with Crippen LogP contribution in [0.4, 0.5) is 13.2 Å². The quantitative estimate of drug-likeness (QED) is 0.428. The Morgan fingerprint density at radius 2 is 2.12 bits per heavy atom. The van der Waals surface area contributed by atoms with Crippen LogP contribution in [-0.4, -0.2) is 5.91 Å². The van der Waals surface area contributed by atoms with Crippen molar-refractivity contribution in [3.8, 4) is 6.07 Å². The van der Waals surface area contributed by atoms with E-state index in [1.807, 2.05) is 0 Å². The normalized spacial score (nSPS) is 10.2. The predicted octanol–water partition coefficient (Wildman–Crippen LogP) is 3.03. The molecule has 0 aliphatic carbocycles. The van der Waals surface area contributed by atoms with Crippen LogP contribution in [0.2, 0.25) is 0 Å². The summed E-state index contributed by atoms with van der Waals surface area (Å²) in [5, 5.41) is 11.2. The van der Waals surface area contributed by atoms with E-state index in [0.29, 0.717) is 6.07 Å². The van der Waals surface area contributed by atoms with E-state index >= 15 is 0 Å². The molecule has 0 bridgehead atoms. The van der Waals surface area contributed by atoms with Gasteiger partial charge in [0, 0.05) is 10.5 Å². The van der Waals surface area contributed by atoms with E-state index in [1.165, 1.54) is 6.07 Å². The molecule has 0 unspecified atom stereocenters. The largest absolute Gasteiger partial charge is 0.417 e. The average molecular weight is 240 g/mol. The van der Waals surface area contributed by atoms with Crippen LogP contribution in [0, 0.1) is 11.3 Å². The van der Waals surface area contributed by atoms with Crippen LogP contribution in [-0.2, 0) is 6.18 Å². The van der Waals surface area contributed by atoms with Gasteiger partial charge < -0.3 is 0 Å². The molecule has 0 radical (unpaired) electrons. The summed E-state index contributed by atoms with van der Waals surface area (Å²) in [7, 11) is 0. The molecule has 8 heteroatoms. The summed E-state index contributed by atoms with van der Waals surface area (Å²) in [6, 6.07) is 3.69. The maximum atomic E-state index is 12.5. The van der Waals surface area contributed by atoms with Crippen molar-refractivity contribution in [2.45, 2.75) is 6.18 Å². The van der Waals surface area contributed by atoms with Crippen molar-refractivity contribution in [1.82, 2.24) is 0 Å². The first-order valence-electron chi connectivity index (χ1n) is 4.11. The molecule has 0 fully saturated rings. The predicted molar refractivity (Wildman–Crippen MR) is 49.6 cm³/mol. The second-order valence-corrected chi connectivity index (χ2v) is 2.86. The number of hydrogen-bond acceptors (Lipinski definition) is 2. The van der Waals surface area contributed by atoms with Gasteiger partial charge in [-0.05, 0) is 28.8 Å². The molecule has 0 spiro atoms. The van der Waals surface area contributed by atoms with Gasteiger partial charge in [0.25, 0.3) is 0 Å². The minimum Gasteiger partial charge on any atom is -0.287 e. The van der Waals surface area contributed by atoms with Gasteiger partial charge in [0.05, 0.1) is 17.2 Å². The fraction of sp³-hybridized carbons (Fsp3) is 0.111. The summed E-state index contributed by atoms with van der Waals surface area (Å²) in [4.78, 5) is 13.2. The summed E-state index contributed by atoms with van der Waals surface area (Å²) in [6.45, 7) is 0. The summed E-state index contributed by atoms with van der Waals surface area (Å²) in [5.74, 6) is -1.14. The number of carbonyl (C=O) groups excluding carboxylic acids is 1. The number of halogens is 3. The molecule has 17 heavy (non-hydrogen) atoms. The summed E-state index contributed by atoms with van der Waals surface area (Å²) >= 11 is 0. The summed E-state index contributed by atoms with van der Waals surface area (Å²) in [6.07, 6.45) is -4.75. The van der Waals surface area contributed by atoms with E-state index in [1.54, 1.807) is 0 Å². The summed E-state index contributed by atoms with van der Waals surface area (Å²) < 4.78 is 37.5. The Kier molecular flexibility index (Phi) is 3.36. The molecule has 5 nitrogen and oxygen atoms in total. The van der Waals surface area contributed by atoms with Gasteiger partial charge in [-0.25, -0.2) is 0 Å². The number of nitrogens with zero attached hydrogens (tertiary/aromatic N) is 4. The zero-order valence-corrected chi connectivity index (χ0v) is 8.06. The van der Waals surface area contributed by atoms with Crippen LogP contribution in [0.1, 0.15) is 21.5 Å². The third-order valence-corrected chi connectivity index (χ3v) is 1.83. The molecular weight excluding hydrogens is 237 g/mol. The Bertz CT molecular complexity index is 552. The first-order chi connectivity index (χ1) is 7.90. The van der Waals surface area contributed by atoms with Gasteiger partial charge in [-0.15, -0.1) is 0 Å². The van der Waals surface area contributed by atoms with Crippen LogP contribution in [0.15, 0.2) is 23.3 Å². The number of benzene rings is 1. The van der Waals surface area contributed by atoms with Crippen molar-refractivity contribution in [3.63, 3.8) is 0 Å². The highest BCUT2D eigenvalue weighted by atomic mass is 19.4. The van der Waals surface area contributed by atoms with Gasteiger partial charge in [-0.1, -0.05) is 0 Å². The van der Waals surface area contributed by atoms with Crippen molar-refractivity contribution in [2.24, 2.45) is 5.11 Å². The number of rotatable bonds is 1. The molecule has 0 aliphatic rings. The lowest BCUT2D eigenvalue weighted by atomic mass is 10.0. The number of amides is 1. The molecule has 1 amide bonds. The minimum atomic E-state index is -4.75. The van der Waals surface area contributed by atoms with E-state index in [0.717, 1.165) is 12.1 Å². The number of carbonyl (C=O) groups is 1. The maximum absolute atomic E-state index is 12.5. The second kappa shape index (κ2) is 4.55. The Balaban J connectivity index is 3.39.